The predicted octanol–water partition coefficient (Wildman–Crippen LogP) is 3.86. The first kappa shape index (κ1) is 20.4. The highest BCUT2D eigenvalue weighted by Gasteiger charge is 2.17. The van der Waals surface area contributed by atoms with E-state index in [1.165, 1.54) is 24.4 Å². The van der Waals surface area contributed by atoms with Gasteiger partial charge in [0, 0.05) is 29.3 Å². The van der Waals surface area contributed by atoms with Gasteiger partial charge in [0.05, 0.1) is 10.7 Å². The Kier molecular flexibility index (Phi) is 5.26. The molecular formula is C23H12ClFN6O2. The summed E-state index contributed by atoms with van der Waals surface area (Å²) in [7, 11) is 0. The molecule has 3 heterocycles. The lowest BCUT2D eigenvalue weighted by Crippen LogP contribution is -2.02. The molecule has 0 aliphatic carbocycles. The van der Waals surface area contributed by atoms with Crippen LogP contribution in [0.2, 0.25) is 5.02 Å². The molecule has 0 saturated heterocycles. The minimum atomic E-state index is -0.366. The maximum absolute atomic E-state index is 13.4. The topological polar surface area (TPSA) is 102 Å². The van der Waals surface area contributed by atoms with Crippen LogP contribution in [0.4, 0.5) is 4.39 Å². The Balaban J connectivity index is 1.58. The molecule has 3 aromatic heterocycles. The Morgan fingerprint density at radius 2 is 1.76 bits per heavy atom. The summed E-state index contributed by atoms with van der Waals surface area (Å²) in [5.74, 6) is 6.16. The van der Waals surface area contributed by atoms with Crippen molar-refractivity contribution in [2.45, 2.75) is 0 Å². The Morgan fingerprint density at radius 1 is 0.939 bits per heavy atom. The quantitative estimate of drug-likeness (QED) is 0.412. The van der Waals surface area contributed by atoms with Gasteiger partial charge in [-0.1, -0.05) is 28.8 Å². The molecule has 160 valence electrons. The molecule has 5 aromatic rings. The van der Waals surface area contributed by atoms with Crippen molar-refractivity contribution in [3.8, 4) is 40.4 Å². The Hall–Kier alpha value is -4.55. The van der Waals surface area contributed by atoms with Gasteiger partial charge in [-0.2, -0.15) is 0 Å². The fraction of sp³-hybridized carbons (Fsp3) is 0. The Labute approximate surface area is 190 Å². The van der Waals surface area contributed by atoms with Crippen LogP contribution in [0, 0.1) is 17.7 Å². The molecule has 0 amide bonds. The number of rotatable bonds is 3. The van der Waals surface area contributed by atoms with Gasteiger partial charge in [-0.15, -0.1) is 15.3 Å². The number of benzene rings is 2. The normalized spacial score (nSPS) is 10.6. The zero-order chi connectivity index (χ0) is 22.8. The molecule has 0 unspecified atom stereocenters. The van der Waals surface area contributed by atoms with Gasteiger partial charge in [-0.3, -0.25) is 9.36 Å². The predicted molar refractivity (Wildman–Crippen MR) is 118 cm³/mol. The first-order valence-corrected chi connectivity index (χ1v) is 9.97. The molecule has 0 atom stereocenters. The fourth-order valence-corrected chi connectivity index (χ4v) is 3.31. The van der Waals surface area contributed by atoms with Gasteiger partial charge in [0.25, 0.3) is 5.89 Å². The highest BCUT2D eigenvalue weighted by atomic mass is 35.5. The van der Waals surface area contributed by atoms with Crippen LogP contribution in [0.3, 0.4) is 0 Å². The standard InChI is InChI=1S/C23H12ClFN6O2/c24-17-3-1-2-4-18(17)31-19(27-29-22(31)14-5-7-16(25)8-6-14)9-10-21-28-30-23(33-21)15-11-12-26-20(32)13-15/h1-8,11-13H,(H,26,32). The highest BCUT2D eigenvalue weighted by molar-refractivity contribution is 6.32. The van der Waals surface area contributed by atoms with Gasteiger partial charge < -0.3 is 9.40 Å². The van der Waals surface area contributed by atoms with Crippen molar-refractivity contribution in [2.75, 3.05) is 0 Å². The van der Waals surface area contributed by atoms with E-state index in [-0.39, 0.29) is 29.0 Å². The van der Waals surface area contributed by atoms with Crippen LogP contribution in [0.15, 0.2) is 76.1 Å². The third-order valence-electron chi connectivity index (χ3n) is 4.59. The van der Waals surface area contributed by atoms with E-state index in [0.29, 0.717) is 27.7 Å². The van der Waals surface area contributed by atoms with E-state index < -0.39 is 0 Å². The average Bonchev–Trinajstić information content (AvgIpc) is 3.46. The van der Waals surface area contributed by atoms with Crippen LogP contribution < -0.4 is 5.56 Å². The van der Waals surface area contributed by atoms with E-state index in [0.717, 1.165) is 0 Å². The van der Waals surface area contributed by atoms with E-state index in [1.54, 1.807) is 41.0 Å². The van der Waals surface area contributed by atoms with E-state index in [9.17, 15) is 9.18 Å². The smallest absolute Gasteiger partial charge is 0.294 e. The summed E-state index contributed by atoms with van der Waals surface area (Å²) in [6.07, 6.45) is 1.48. The molecule has 8 nitrogen and oxygen atoms in total. The lowest BCUT2D eigenvalue weighted by atomic mass is 10.2. The maximum Gasteiger partial charge on any atom is 0.294 e. The number of aromatic nitrogens is 6. The highest BCUT2D eigenvalue weighted by Crippen LogP contribution is 2.27. The molecule has 0 bridgehead atoms. The van der Waals surface area contributed by atoms with Crippen molar-refractivity contribution in [1.29, 1.82) is 0 Å². The number of H-pyrrole nitrogens is 1. The average molecular weight is 459 g/mol. The first-order chi connectivity index (χ1) is 16.1. The molecule has 0 radical (unpaired) electrons. The number of nitrogens with zero attached hydrogens (tertiary/aromatic N) is 5. The summed E-state index contributed by atoms with van der Waals surface area (Å²) in [4.78, 5) is 14.0. The van der Waals surface area contributed by atoms with E-state index in [2.05, 4.69) is 37.2 Å². The minimum absolute atomic E-state index is 0.0299. The maximum atomic E-state index is 13.4. The molecule has 0 aliphatic heterocycles. The molecule has 0 fully saturated rings. The summed E-state index contributed by atoms with van der Waals surface area (Å²) < 4.78 is 20.6. The fourth-order valence-electron chi connectivity index (χ4n) is 3.09. The van der Waals surface area contributed by atoms with Gasteiger partial charge in [0.1, 0.15) is 5.82 Å². The molecule has 5 rings (SSSR count). The molecule has 0 spiro atoms. The summed E-state index contributed by atoms with van der Waals surface area (Å²) in [5.41, 5.74) is 1.41. The van der Waals surface area contributed by atoms with Crippen molar-refractivity contribution >= 4 is 11.6 Å². The number of hydrogen-bond donors (Lipinski definition) is 1. The summed E-state index contributed by atoms with van der Waals surface area (Å²) >= 11 is 6.42. The second kappa shape index (κ2) is 8.53. The number of hydrogen-bond acceptors (Lipinski definition) is 6. The van der Waals surface area contributed by atoms with Gasteiger partial charge in [0.2, 0.25) is 17.3 Å². The molecular weight excluding hydrogens is 447 g/mol. The number of para-hydroxylation sites is 1. The number of pyridine rings is 1. The first-order valence-electron chi connectivity index (χ1n) is 9.59. The van der Waals surface area contributed by atoms with Gasteiger partial charge in [0.15, 0.2) is 5.82 Å². The van der Waals surface area contributed by atoms with Gasteiger partial charge in [-0.05, 0) is 48.4 Å². The summed E-state index contributed by atoms with van der Waals surface area (Å²) in [6.45, 7) is 0. The van der Waals surface area contributed by atoms with Crippen molar-refractivity contribution in [2.24, 2.45) is 0 Å². The van der Waals surface area contributed by atoms with E-state index in [1.807, 2.05) is 6.07 Å². The molecule has 10 heteroatoms. The molecule has 0 aliphatic rings. The van der Waals surface area contributed by atoms with E-state index in [4.69, 9.17) is 16.0 Å². The van der Waals surface area contributed by atoms with Crippen LogP contribution in [-0.2, 0) is 0 Å². The lowest BCUT2D eigenvalue weighted by Gasteiger charge is -2.10. The number of nitrogens with one attached hydrogen (secondary N) is 1. The zero-order valence-corrected chi connectivity index (χ0v) is 17.4. The van der Waals surface area contributed by atoms with Crippen LogP contribution in [0.25, 0.3) is 28.5 Å². The van der Waals surface area contributed by atoms with Crippen LogP contribution in [-0.4, -0.2) is 29.9 Å². The third kappa shape index (κ3) is 4.15. The summed E-state index contributed by atoms with van der Waals surface area (Å²) in [6, 6.07) is 16.0. The summed E-state index contributed by atoms with van der Waals surface area (Å²) in [5, 5.41) is 16.7. The second-order valence-corrected chi connectivity index (χ2v) is 7.15. The van der Waals surface area contributed by atoms with Crippen LogP contribution >= 0.6 is 11.6 Å². The molecule has 2 aromatic carbocycles. The zero-order valence-electron chi connectivity index (χ0n) is 16.7. The minimum Gasteiger partial charge on any atom is -0.410 e. The van der Waals surface area contributed by atoms with Crippen LogP contribution in [0.1, 0.15) is 11.7 Å². The van der Waals surface area contributed by atoms with Crippen molar-refractivity contribution in [3.63, 3.8) is 0 Å². The Bertz CT molecular complexity index is 1580. The Morgan fingerprint density at radius 3 is 2.55 bits per heavy atom. The van der Waals surface area contributed by atoms with Crippen molar-refractivity contribution in [1.82, 2.24) is 29.9 Å². The van der Waals surface area contributed by atoms with Gasteiger partial charge in [-0.25, -0.2) is 4.39 Å². The van der Waals surface area contributed by atoms with E-state index >= 15 is 0 Å². The van der Waals surface area contributed by atoms with Gasteiger partial charge >= 0.3 is 0 Å². The lowest BCUT2D eigenvalue weighted by molar-refractivity contribution is 0.554. The molecule has 33 heavy (non-hydrogen) atoms. The number of aromatic amines is 1. The van der Waals surface area contributed by atoms with Crippen molar-refractivity contribution in [3.05, 3.63) is 99.8 Å². The molecule has 1 N–H and O–H groups in total. The second-order valence-electron chi connectivity index (χ2n) is 6.74. The largest absolute Gasteiger partial charge is 0.410 e. The van der Waals surface area contributed by atoms with Crippen LogP contribution in [0.5, 0.6) is 0 Å². The number of halogens is 2. The van der Waals surface area contributed by atoms with Crippen molar-refractivity contribution < 1.29 is 8.81 Å². The molecule has 0 saturated carbocycles. The third-order valence-corrected chi connectivity index (χ3v) is 4.91. The monoisotopic (exact) mass is 458 g/mol. The SMILES string of the molecule is O=c1cc(-c2nnc(C#Cc3nnc(-c4ccc(F)cc4)n3-c3ccccc3Cl)o2)cc[nH]1.